The molecule has 0 fully saturated rings. The molecule has 0 bridgehead atoms. The van der Waals surface area contributed by atoms with Gasteiger partial charge in [-0.2, -0.15) is 4.39 Å². The van der Waals surface area contributed by atoms with Gasteiger partial charge in [-0.25, -0.2) is 15.0 Å². The van der Waals surface area contributed by atoms with Gasteiger partial charge < -0.3 is 9.88 Å². The molecule has 0 saturated heterocycles. The fourth-order valence-electron chi connectivity index (χ4n) is 1.49. The quantitative estimate of drug-likeness (QED) is 0.611. The Kier molecular flexibility index (Phi) is 4.01. The Morgan fingerprint density at radius 1 is 1.29 bits per heavy atom. The third-order valence-corrected chi connectivity index (χ3v) is 2.34. The van der Waals surface area contributed by atoms with Crippen LogP contribution in [0.3, 0.4) is 0 Å². The zero-order valence-corrected chi connectivity index (χ0v) is 9.38. The van der Waals surface area contributed by atoms with Crippen molar-refractivity contribution in [1.29, 1.82) is 0 Å². The van der Waals surface area contributed by atoms with E-state index >= 15 is 0 Å². The Balaban J connectivity index is 1.63. The van der Waals surface area contributed by atoms with E-state index in [1.165, 1.54) is 12.4 Å². The molecule has 0 radical (unpaired) electrons. The Morgan fingerprint density at radius 2 is 2.24 bits per heavy atom. The molecule has 17 heavy (non-hydrogen) atoms. The van der Waals surface area contributed by atoms with Crippen LogP contribution in [0.1, 0.15) is 12.8 Å². The highest BCUT2D eigenvalue weighted by Crippen LogP contribution is 2.03. The summed E-state index contributed by atoms with van der Waals surface area (Å²) < 4.78 is 14.8. The van der Waals surface area contributed by atoms with Crippen molar-refractivity contribution in [3.8, 4) is 0 Å². The highest BCUT2D eigenvalue weighted by atomic mass is 19.1. The van der Waals surface area contributed by atoms with Crippen LogP contribution in [0, 0.1) is 5.95 Å². The van der Waals surface area contributed by atoms with Crippen LogP contribution in [0.5, 0.6) is 0 Å². The fraction of sp³-hybridized carbons (Fsp3) is 0.364. The number of rotatable bonds is 6. The number of aryl methyl sites for hydroxylation is 1. The van der Waals surface area contributed by atoms with E-state index in [0.29, 0.717) is 5.82 Å². The van der Waals surface area contributed by atoms with E-state index in [2.05, 4.69) is 20.3 Å². The Bertz CT molecular complexity index is 443. The van der Waals surface area contributed by atoms with Gasteiger partial charge in [0.25, 0.3) is 0 Å². The van der Waals surface area contributed by atoms with Gasteiger partial charge in [0.1, 0.15) is 12.1 Å². The van der Waals surface area contributed by atoms with Gasteiger partial charge in [-0.1, -0.05) is 0 Å². The number of nitrogens with one attached hydrogen (secondary N) is 1. The maximum absolute atomic E-state index is 12.7. The first kappa shape index (κ1) is 11.5. The minimum absolute atomic E-state index is 0.513. The van der Waals surface area contributed by atoms with Gasteiger partial charge in [-0.05, 0) is 12.8 Å². The summed E-state index contributed by atoms with van der Waals surface area (Å²) >= 11 is 0. The molecule has 5 nitrogen and oxygen atoms in total. The number of aromatic nitrogens is 4. The van der Waals surface area contributed by atoms with Gasteiger partial charge >= 0.3 is 0 Å². The molecular weight excluding hydrogens is 221 g/mol. The largest absolute Gasteiger partial charge is 0.370 e. The molecule has 0 spiro atoms. The van der Waals surface area contributed by atoms with Gasteiger partial charge in [0.05, 0.1) is 6.33 Å². The number of hydrogen-bond acceptors (Lipinski definition) is 4. The van der Waals surface area contributed by atoms with E-state index in [1.54, 1.807) is 12.5 Å². The molecule has 0 saturated carbocycles. The molecule has 2 rings (SSSR count). The van der Waals surface area contributed by atoms with E-state index < -0.39 is 5.95 Å². The van der Waals surface area contributed by atoms with Crippen molar-refractivity contribution in [3.63, 3.8) is 0 Å². The van der Waals surface area contributed by atoms with Crippen molar-refractivity contribution in [3.05, 3.63) is 37.1 Å². The van der Waals surface area contributed by atoms with Crippen LogP contribution in [0.25, 0.3) is 0 Å². The highest BCUT2D eigenvalue weighted by molar-refractivity contribution is 5.31. The van der Waals surface area contributed by atoms with Crippen molar-refractivity contribution >= 4 is 5.82 Å². The molecule has 0 aliphatic carbocycles. The smallest absolute Gasteiger partial charge is 0.217 e. The maximum atomic E-state index is 12.7. The van der Waals surface area contributed by atoms with Crippen molar-refractivity contribution in [2.45, 2.75) is 19.4 Å². The number of halogens is 1. The summed E-state index contributed by atoms with van der Waals surface area (Å²) in [6.45, 7) is 1.71. The van der Waals surface area contributed by atoms with E-state index in [-0.39, 0.29) is 0 Å². The molecule has 6 heteroatoms. The molecule has 90 valence electrons. The Labute approximate surface area is 98.7 Å². The van der Waals surface area contributed by atoms with E-state index in [0.717, 1.165) is 25.9 Å². The number of anilines is 1. The molecule has 0 amide bonds. The van der Waals surface area contributed by atoms with Gasteiger partial charge in [0, 0.05) is 31.5 Å². The number of imidazole rings is 1. The third kappa shape index (κ3) is 3.82. The van der Waals surface area contributed by atoms with Gasteiger partial charge in [0.2, 0.25) is 5.95 Å². The fourth-order valence-corrected chi connectivity index (χ4v) is 1.49. The molecule has 2 heterocycles. The van der Waals surface area contributed by atoms with Crippen LogP contribution in [-0.2, 0) is 6.54 Å². The van der Waals surface area contributed by atoms with Crippen molar-refractivity contribution in [2.24, 2.45) is 0 Å². The standard InChI is InChI=1S/C11H14FN5/c12-10-7-11(16-8-15-10)14-3-1-2-5-17-6-4-13-9-17/h4,6-9H,1-3,5H2,(H,14,15,16). The second-order valence-corrected chi connectivity index (χ2v) is 3.66. The lowest BCUT2D eigenvalue weighted by molar-refractivity contribution is 0.579. The summed E-state index contributed by atoms with van der Waals surface area (Å²) in [7, 11) is 0. The predicted octanol–water partition coefficient (Wildman–Crippen LogP) is 1.70. The first-order chi connectivity index (χ1) is 8.34. The Hall–Kier alpha value is -1.98. The van der Waals surface area contributed by atoms with Gasteiger partial charge in [0.15, 0.2) is 0 Å². The molecule has 0 atom stereocenters. The molecule has 0 aliphatic rings. The van der Waals surface area contributed by atoms with Crippen LogP contribution in [0.15, 0.2) is 31.1 Å². The van der Waals surface area contributed by atoms with Crippen LogP contribution in [-0.4, -0.2) is 26.1 Å². The zero-order valence-electron chi connectivity index (χ0n) is 9.38. The monoisotopic (exact) mass is 235 g/mol. The lowest BCUT2D eigenvalue weighted by Crippen LogP contribution is -2.05. The summed E-state index contributed by atoms with van der Waals surface area (Å²) in [5, 5.41) is 3.05. The number of hydrogen-bond donors (Lipinski definition) is 1. The van der Waals surface area contributed by atoms with Crippen LogP contribution in [0.4, 0.5) is 10.2 Å². The summed E-state index contributed by atoms with van der Waals surface area (Å²) in [6.07, 6.45) is 8.74. The lowest BCUT2D eigenvalue weighted by Gasteiger charge is -2.05. The van der Waals surface area contributed by atoms with Crippen molar-refractivity contribution in [1.82, 2.24) is 19.5 Å². The van der Waals surface area contributed by atoms with Crippen LogP contribution in [0.2, 0.25) is 0 Å². The normalized spacial score (nSPS) is 10.4. The average molecular weight is 235 g/mol. The second-order valence-electron chi connectivity index (χ2n) is 3.66. The third-order valence-electron chi connectivity index (χ3n) is 2.34. The molecule has 1 N–H and O–H groups in total. The summed E-state index contributed by atoms with van der Waals surface area (Å²) in [5.41, 5.74) is 0. The predicted molar refractivity (Wildman–Crippen MR) is 61.9 cm³/mol. The minimum atomic E-state index is -0.513. The SMILES string of the molecule is Fc1cc(NCCCCn2ccnc2)ncn1. The van der Waals surface area contributed by atoms with Crippen LogP contribution < -0.4 is 5.32 Å². The van der Waals surface area contributed by atoms with Crippen molar-refractivity contribution < 1.29 is 4.39 Å². The van der Waals surface area contributed by atoms with E-state index in [4.69, 9.17) is 0 Å². The molecule has 2 aromatic rings. The summed E-state index contributed by atoms with van der Waals surface area (Å²) in [4.78, 5) is 11.3. The molecular formula is C11H14FN5. The summed E-state index contributed by atoms with van der Waals surface area (Å²) in [6, 6.07) is 1.29. The second kappa shape index (κ2) is 5.93. The topological polar surface area (TPSA) is 55.6 Å². The lowest BCUT2D eigenvalue weighted by atomic mass is 10.3. The number of nitrogens with zero attached hydrogens (tertiary/aromatic N) is 4. The Morgan fingerprint density at radius 3 is 3.00 bits per heavy atom. The zero-order chi connectivity index (χ0) is 11.9. The average Bonchev–Trinajstić information content (AvgIpc) is 2.82. The first-order valence-electron chi connectivity index (χ1n) is 5.52. The molecule has 0 unspecified atom stereocenters. The first-order valence-corrected chi connectivity index (χ1v) is 5.52. The van der Waals surface area contributed by atoms with E-state index in [9.17, 15) is 4.39 Å². The van der Waals surface area contributed by atoms with Crippen LogP contribution >= 0.6 is 0 Å². The molecule has 0 aromatic carbocycles. The van der Waals surface area contributed by atoms with Crippen molar-refractivity contribution in [2.75, 3.05) is 11.9 Å². The van der Waals surface area contributed by atoms with Gasteiger partial charge in [-0.3, -0.25) is 0 Å². The maximum Gasteiger partial charge on any atom is 0.217 e. The van der Waals surface area contributed by atoms with Gasteiger partial charge in [-0.15, -0.1) is 0 Å². The van der Waals surface area contributed by atoms with E-state index in [1.807, 2.05) is 10.8 Å². The molecule has 0 aliphatic heterocycles. The molecule has 2 aromatic heterocycles. The highest BCUT2D eigenvalue weighted by Gasteiger charge is 1.96. The summed E-state index contributed by atoms with van der Waals surface area (Å²) in [5.74, 6) is 0.0149. The number of unbranched alkanes of at least 4 members (excludes halogenated alkanes) is 1. The minimum Gasteiger partial charge on any atom is -0.370 e.